The van der Waals surface area contributed by atoms with Crippen LogP contribution in [0.5, 0.6) is 0 Å². The van der Waals surface area contributed by atoms with E-state index in [0.29, 0.717) is 71.1 Å². The molecule has 0 amide bonds. The van der Waals surface area contributed by atoms with E-state index in [1.54, 1.807) is 12.1 Å². The van der Waals surface area contributed by atoms with Gasteiger partial charge in [-0.25, -0.2) is 36.8 Å². The first-order valence-corrected chi connectivity index (χ1v) is 25.6. The van der Waals surface area contributed by atoms with Crippen molar-refractivity contribution >= 4 is 76.7 Å². The van der Waals surface area contributed by atoms with Gasteiger partial charge in [-0.05, 0) is 178 Å². The number of oxime groups is 1. The van der Waals surface area contributed by atoms with Crippen LogP contribution in [0.4, 0.5) is 30.5 Å². The molecule has 3 aliphatic heterocycles. The Hall–Kier alpha value is -6.81. The maximum atomic E-state index is 13.3. The number of aliphatic imine (C=N–C) groups is 1. The van der Waals surface area contributed by atoms with Crippen LogP contribution in [-0.4, -0.2) is 119 Å². The second-order valence-electron chi connectivity index (χ2n) is 16.8. The highest BCUT2D eigenvalue weighted by Gasteiger charge is 2.31. The number of nitrogens with one attached hydrogen (secondary N) is 2. The molecule has 6 N–H and O–H groups in total. The van der Waals surface area contributed by atoms with Crippen LogP contribution in [0.25, 0.3) is 17.2 Å². The smallest absolute Gasteiger partial charge is 0.411 e. The lowest BCUT2D eigenvalue weighted by Gasteiger charge is -2.22. The van der Waals surface area contributed by atoms with Gasteiger partial charge in [0.2, 0.25) is 11.6 Å². The molecule has 3 aliphatic rings. The van der Waals surface area contributed by atoms with Crippen molar-refractivity contribution in [2.75, 3.05) is 45.0 Å². The summed E-state index contributed by atoms with van der Waals surface area (Å²) in [5, 5.41) is 61.5. The van der Waals surface area contributed by atoms with Crippen LogP contribution in [0.3, 0.4) is 0 Å². The molecule has 0 aliphatic carbocycles. The van der Waals surface area contributed by atoms with Crippen LogP contribution in [0, 0.1) is 33.5 Å². The number of hydrogen-bond acceptors (Lipinski definition) is 23. The molecule has 7 aromatic rings. The molecule has 32 heteroatoms. The van der Waals surface area contributed by atoms with Gasteiger partial charge in [0.1, 0.15) is 28.9 Å². The van der Waals surface area contributed by atoms with E-state index < -0.39 is 33.8 Å². The number of nitrogens with zero attached hydrogens (tertiary/aromatic N) is 11. The number of hydrogen-bond donors (Lipinski definition) is 5. The standard InChI is InChI=1S/C16H17BrFN3O3.C14H15BrFN5O3.C10H3BrFN5O5.C5H11NO/c17-12-7-11(1-2-13(12)18)9-14(19-22)16-15(20-24-21-16)8-10-3-5-23-6-4-10;15-10-7-9(1-2-11(10)16)18-13(19-22)12-14(21-24-20-12)17-8-3-5-23-6-4-8;11-5-3-4(1-2-6(5)12)16-8(14-21-10(16)18)7-9(17(19)20)15-22-13-7;6-5-1-3-7-4-2-5/h1-2,7,10,22H,3-6,8-9H2;1-2,7-8,22H,3-6H2,(H,17,21)(H,18,19);1-3H;5H,1-4,6H2. The Morgan fingerprint density at radius 2 is 1.36 bits per heavy atom. The van der Waals surface area contributed by atoms with Crippen LogP contribution in [0.15, 0.2) is 101 Å². The molecule has 0 unspecified atom stereocenters. The topological polar surface area (TPSA) is 351 Å². The molecular weight excluding hydrogens is 1230 g/mol. The van der Waals surface area contributed by atoms with Gasteiger partial charge in [-0.1, -0.05) is 21.5 Å². The van der Waals surface area contributed by atoms with Gasteiger partial charge in [0, 0.05) is 58.1 Å². The van der Waals surface area contributed by atoms with Crippen LogP contribution in [0.1, 0.15) is 61.2 Å². The quantitative estimate of drug-likeness (QED) is 0.0256. The number of aromatic nitrogens is 8. The molecule has 3 saturated heterocycles. The van der Waals surface area contributed by atoms with Crippen LogP contribution < -0.4 is 22.3 Å². The zero-order valence-electron chi connectivity index (χ0n) is 40.1. The molecule has 0 atom stereocenters. The fourth-order valence-corrected chi connectivity index (χ4v) is 8.65. The molecule has 26 nitrogen and oxygen atoms in total. The number of halogens is 6. The highest BCUT2D eigenvalue weighted by Crippen LogP contribution is 2.29. The average Bonchev–Trinajstić information content (AvgIpc) is 4.29. The number of ether oxygens (including phenoxy) is 3. The lowest BCUT2D eigenvalue weighted by Crippen LogP contribution is -2.29. The number of nitro groups is 1. The number of hydroxylamine groups is 1. The first-order valence-electron chi connectivity index (χ1n) is 23.2. The fourth-order valence-electron chi connectivity index (χ4n) is 7.49. The predicted octanol–water partition coefficient (Wildman–Crippen LogP) is 7.79. The van der Waals surface area contributed by atoms with E-state index in [2.05, 4.69) is 109 Å². The number of amidine groups is 1. The summed E-state index contributed by atoms with van der Waals surface area (Å²) in [6.45, 7) is 4.55. The van der Waals surface area contributed by atoms with Gasteiger partial charge in [-0.2, -0.15) is 0 Å². The zero-order chi connectivity index (χ0) is 54.8. The van der Waals surface area contributed by atoms with Gasteiger partial charge in [0.15, 0.2) is 22.4 Å². The number of rotatable bonds is 12. The van der Waals surface area contributed by atoms with E-state index >= 15 is 0 Å². The lowest BCUT2D eigenvalue weighted by atomic mass is 9.93. The summed E-state index contributed by atoms with van der Waals surface area (Å²) in [5.41, 5.74) is 10.2. The molecule has 77 heavy (non-hydrogen) atoms. The minimum Gasteiger partial charge on any atom is -0.411 e. The Bertz CT molecular complexity index is 3180. The molecule has 7 heterocycles. The number of anilines is 1. The van der Waals surface area contributed by atoms with E-state index in [0.717, 1.165) is 81.1 Å². The summed E-state index contributed by atoms with van der Waals surface area (Å²) in [5.74, 6) is -2.42. The Morgan fingerprint density at radius 3 is 1.97 bits per heavy atom. The molecule has 3 fully saturated rings. The monoisotopic (exact) mass is 1270 g/mol. The minimum absolute atomic E-state index is 0.0318. The van der Waals surface area contributed by atoms with Gasteiger partial charge >= 0.3 is 11.6 Å². The first kappa shape index (κ1) is 57.9. The summed E-state index contributed by atoms with van der Waals surface area (Å²) >= 11 is 9.21. The highest BCUT2D eigenvalue weighted by molar-refractivity contribution is 9.11. The van der Waals surface area contributed by atoms with E-state index in [4.69, 9.17) is 29.2 Å². The minimum atomic E-state index is -0.939. The van der Waals surface area contributed by atoms with Crippen molar-refractivity contribution in [2.45, 2.75) is 63.5 Å². The van der Waals surface area contributed by atoms with E-state index in [9.17, 15) is 38.5 Å². The Labute approximate surface area is 457 Å². The van der Waals surface area contributed by atoms with Gasteiger partial charge < -0.3 is 40.6 Å². The third kappa shape index (κ3) is 16.1. The second kappa shape index (κ2) is 28.5. The molecule has 410 valence electrons. The van der Waals surface area contributed by atoms with Crippen molar-refractivity contribution in [1.29, 1.82) is 0 Å². The summed E-state index contributed by atoms with van der Waals surface area (Å²) in [6, 6.07) is 13.1. The SMILES string of the molecule is NC1CCOCC1.O=c1onc(-c2nonc2[N+](=O)[O-])n1-c1ccc(F)c(Br)c1.ON=C(Cc1ccc(F)c(Br)c1)c1nonc1CC1CCOCC1.ONC(=Nc1ccc(F)c(Br)c1)c1nonc1NC1CCOCC1. The van der Waals surface area contributed by atoms with Crippen molar-refractivity contribution in [2.24, 2.45) is 21.8 Å². The van der Waals surface area contributed by atoms with Gasteiger partial charge in [-0.3, -0.25) is 15.2 Å². The van der Waals surface area contributed by atoms with Gasteiger partial charge in [0.25, 0.3) is 5.69 Å². The zero-order valence-corrected chi connectivity index (χ0v) is 44.8. The Morgan fingerprint density at radius 1 is 0.766 bits per heavy atom. The molecule has 10 rings (SSSR count). The molecular formula is C45H46Br3F3N14O12. The average molecular weight is 1270 g/mol. The van der Waals surface area contributed by atoms with Crippen LogP contribution >= 0.6 is 47.8 Å². The van der Waals surface area contributed by atoms with Crippen LogP contribution in [0.2, 0.25) is 0 Å². The molecule has 0 saturated carbocycles. The fraction of sp³-hybridized carbons (Fsp3) is 0.378. The molecule has 3 aromatic carbocycles. The van der Waals surface area contributed by atoms with E-state index in [-0.39, 0.29) is 43.8 Å². The summed E-state index contributed by atoms with van der Waals surface area (Å²) < 4.78 is 75.6. The van der Waals surface area contributed by atoms with Gasteiger partial charge in [-0.15, -0.1) is 4.63 Å². The first-order chi connectivity index (χ1) is 37.2. The maximum absolute atomic E-state index is 13.3. The van der Waals surface area contributed by atoms with Crippen molar-refractivity contribution in [3.63, 3.8) is 0 Å². The summed E-state index contributed by atoms with van der Waals surface area (Å²) in [6.07, 6.45) is 6.66. The normalized spacial score (nSPS) is 15.6. The lowest BCUT2D eigenvalue weighted by molar-refractivity contribution is -0.390. The number of nitrogens with two attached hydrogens (primary N) is 1. The largest absolute Gasteiger partial charge is 0.446 e. The van der Waals surface area contributed by atoms with Crippen molar-refractivity contribution < 1.29 is 61.1 Å². The molecule has 0 spiro atoms. The Balaban J connectivity index is 0.000000157. The van der Waals surface area contributed by atoms with Crippen LogP contribution in [-0.2, 0) is 27.1 Å². The Kier molecular flexibility index (Phi) is 21.4. The number of benzene rings is 3. The van der Waals surface area contributed by atoms with Gasteiger partial charge in [0.05, 0.1) is 24.8 Å². The molecule has 4 aromatic heterocycles. The second-order valence-corrected chi connectivity index (χ2v) is 19.4. The maximum Gasteiger partial charge on any atom is 0.446 e. The third-order valence-corrected chi connectivity index (χ3v) is 13.4. The molecule has 0 radical (unpaired) electrons. The van der Waals surface area contributed by atoms with Crippen molar-refractivity contribution in [3.8, 4) is 17.2 Å². The molecule has 0 bridgehead atoms. The van der Waals surface area contributed by atoms with Crippen molar-refractivity contribution in [3.05, 3.63) is 129 Å². The van der Waals surface area contributed by atoms with Crippen molar-refractivity contribution in [1.82, 2.24) is 46.1 Å². The summed E-state index contributed by atoms with van der Waals surface area (Å²) in [4.78, 5) is 26.0. The third-order valence-electron chi connectivity index (χ3n) is 11.5. The van der Waals surface area contributed by atoms with E-state index in [1.165, 1.54) is 36.4 Å². The highest BCUT2D eigenvalue weighted by atomic mass is 79.9. The predicted molar refractivity (Wildman–Crippen MR) is 272 cm³/mol. The van der Waals surface area contributed by atoms with E-state index in [1.807, 2.05) is 5.48 Å². The summed E-state index contributed by atoms with van der Waals surface area (Å²) in [7, 11) is 0.